The number of thiol groups is 1. The van der Waals surface area contributed by atoms with Crippen molar-refractivity contribution in [1.29, 1.82) is 0 Å². The second kappa shape index (κ2) is 7.90. The summed E-state index contributed by atoms with van der Waals surface area (Å²) < 4.78 is 0. The number of primary amides is 1. The number of carbonyl (C=O) groups excluding carboxylic acids is 1. The van der Waals surface area contributed by atoms with Crippen LogP contribution in [0.4, 0.5) is 10.5 Å². The molecule has 2 aromatic rings. The first-order valence-electron chi connectivity index (χ1n) is 9.37. The highest BCUT2D eigenvalue weighted by molar-refractivity contribution is 7.80. The summed E-state index contributed by atoms with van der Waals surface area (Å²) in [6.07, 6.45) is 6.39. The predicted octanol–water partition coefficient (Wildman–Crippen LogP) is 3.75. The van der Waals surface area contributed by atoms with Crippen LogP contribution in [0.25, 0.3) is 0 Å². The van der Waals surface area contributed by atoms with E-state index >= 15 is 0 Å². The highest BCUT2D eigenvalue weighted by Gasteiger charge is 2.25. The van der Waals surface area contributed by atoms with E-state index in [4.69, 9.17) is 10.7 Å². The number of carbonyl (C=O) groups is 1. The van der Waals surface area contributed by atoms with Crippen LogP contribution in [0.5, 0.6) is 0 Å². The number of nitrogens with zero attached hydrogens (tertiary/aromatic N) is 1. The first-order valence-corrected chi connectivity index (χ1v) is 9.82. The molecule has 0 bridgehead atoms. The Morgan fingerprint density at radius 3 is 2.04 bits per heavy atom. The summed E-state index contributed by atoms with van der Waals surface area (Å²) in [6.45, 7) is 3.53. The molecule has 1 heterocycles. The molecule has 27 heavy (non-hydrogen) atoms. The monoisotopic (exact) mass is 385 g/mol. The SMILES string of the molecule is CC(C)(O)c1ccc(S)cc1.NC(=O)Nc1c2c(nc3c1CCC3)CCC2. The van der Waals surface area contributed by atoms with Gasteiger partial charge in [0, 0.05) is 16.3 Å². The Labute approximate surface area is 165 Å². The molecule has 4 N–H and O–H groups in total. The Morgan fingerprint density at radius 2 is 1.59 bits per heavy atom. The highest BCUT2D eigenvalue weighted by Crippen LogP contribution is 2.36. The number of aliphatic hydroxyl groups is 1. The van der Waals surface area contributed by atoms with Gasteiger partial charge in [-0.3, -0.25) is 4.98 Å². The van der Waals surface area contributed by atoms with Crippen molar-refractivity contribution in [2.24, 2.45) is 5.73 Å². The number of rotatable bonds is 2. The van der Waals surface area contributed by atoms with Crippen molar-refractivity contribution in [2.45, 2.75) is 62.9 Å². The summed E-state index contributed by atoms with van der Waals surface area (Å²) in [5.41, 5.74) is 11.2. The molecule has 0 radical (unpaired) electrons. The summed E-state index contributed by atoms with van der Waals surface area (Å²) in [5, 5.41) is 12.4. The lowest BCUT2D eigenvalue weighted by Gasteiger charge is -2.17. The van der Waals surface area contributed by atoms with Crippen LogP contribution in [-0.4, -0.2) is 16.1 Å². The van der Waals surface area contributed by atoms with Crippen LogP contribution in [0, 0.1) is 0 Å². The number of nitrogens with one attached hydrogen (secondary N) is 1. The Balaban J connectivity index is 0.000000168. The summed E-state index contributed by atoms with van der Waals surface area (Å²) in [5.74, 6) is 0. The van der Waals surface area contributed by atoms with Gasteiger partial charge in [0.05, 0.1) is 11.3 Å². The van der Waals surface area contributed by atoms with E-state index in [1.807, 2.05) is 24.3 Å². The van der Waals surface area contributed by atoms with Crippen molar-refractivity contribution < 1.29 is 9.90 Å². The lowest BCUT2D eigenvalue weighted by atomic mass is 9.99. The van der Waals surface area contributed by atoms with Gasteiger partial charge in [0.2, 0.25) is 0 Å². The van der Waals surface area contributed by atoms with Crippen LogP contribution in [0.15, 0.2) is 29.2 Å². The average Bonchev–Trinajstić information content (AvgIpc) is 3.23. The minimum absolute atomic E-state index is 0.464. The second-order valence-corrected chi connectivity index (χ2v) is 8.16. The number of amides is 2. The van der Waals surface area contributed by atoms with E-state index in [0.29, 0.717) is 0 Å². The zero-order valence-electron chi connectivity index (χ0n) is 15.9. The third-order valence-electron chi connectivity index (χ3n) is 5.07. The topological polar surface area (TPSA) is 88.2 Å². The number of fused-ring (bicyclic) bond motifs is 2. The Kier molecular flexibility index (Phi) is 5.77. The van der Waals surface area contributed by atoms with Gasteiger partial charge in [0.1, 0.15) is 0 Å². The molecule has 0 atom stereocenters. The van der Waals surface area contributed by atoms with E-state index in [0.717, 1.165) is 54.7 Å². The van der Waals surface area contributed by atoms with Gasteiger partial charge < -0.3 is 16.2 Å². The lowest BCUT2D eigenvalue weighted by molar-refractivity contribution is 0.0785. The minimum atomic E-state index is -0.749. The van der Waals surface area contributed by atoms with E-state index in [1.54, 1.807) is 13.8 Å². The van der Waals surface area contributed by atoms with Gasteiger partial charge in [0.15, 0.2) is 0 Å². The first-order chi connectivity index (χ1) is 12.8. The molecule has 0 fully saturated rings. The fourth-order valence-electron chi connectivity index (χ4n) is 3.73. The normalized spacial score (nSPS) is 14.8. The Morgan fingerprint density at radius 1 is 1.07 bits per heavy atom. The molecule has 0 aliphatic heterocycles. The molecule has 2 aliphatic carbocycles. The predicted molar refractivity (Wildman–Crippen MR) is 110 cm³/mol. The van der Waals surface area contributed by atoms with Crippen LogP contribution in [0.2, 0.25) is 0 Å². The standard InChI is InChI=1S/C12H15N3O.C9H12OS/c13-12(16)15-11-7-3-1-5-9(7)14-10-6-2-4-8(10)11;1-9(2,10)7-3-5-8(11)6-4-7/h1-6H2,(H3,13,14,15,16);3-6,10-11H,1-2H3. The molecule has 144 valence electrons. The molecule has 0 saturated carbocycles. The average molecular weight is 386 g/mol. The summed E-state index contributed by atoms with van der Waals surface area (Å²) >= 11 is 4.15. The Hall–Kier alpha value is -2.05. The van der Waals surface area contributed by atoms with Crippen molar-refractivity contribution >= 4 is 24.3 Å². The molecule has 6 heteroatoms. The van der Waals surface area contributed by atoms with Crippen molar-refractivity contribution in [3.63, 3.8) is 0 Å². The van der Waals surface area contributed by atoms with Crippen molar-refractivity contribution in [2.75, 3.05) is 5.32 Å². The molecule has 1 aromatic carbocycles. The van der Waals surface area contributed by atoms with E-state index in [9.17, 15) is 9.90 Å². The number of benzene rings is 1. The molecule has 2 aliphatic rings. The smallest absolute Gasteiger partial charge is 0.316 e. The number of pyridine rings is 1. The van der Waals surface area contributed by atoms with Crippen LogP contribution in [0.3, 0.4) is 0 Å². The summed E-state index contributed by atoms with van der Waals surface area (Å²) in [6, 6.07) is 7.03. The van der Waals surface area contributed by atoms with Crippen molar-refractivity contribution in [3.8, 4) is 0 Å². The third-order valence-corrected chi connectivity index (χ3v) is 5.37. The number of hydrogen-bond donors (Lipinski definition) is 4. The molecule has 0 unspecified atom stereocenters. The zero-order chi connectivity index (χ0) is 19.6. The maximum atomic E-state index is 11.1. The molecule has 1 aromatic heterocycles. The quantitative estimate of drug-likeness (QED) is 0.594. The van der Waals surface area contributed by atoms with Crippen LogP contribution >= 0.6 is 12.6 Å². The largest absolute Gasteiger partial charge is 0.386 e. The third kappa shape index (κ3) is 4.62. The van der Waals surface area contributed by atoms with Crippen molar-refractivity contribution in [3.05, 3.63) is 52.3 Å². The molecule has 2 amide bonds. The van der Waals surface area contributed by atoms with Crippen LogP contribution < -0.4 is 11.1 Å². The number of aryl methyl sites for hydroxylation is 2. The maximum absolute atomic E-state index is 11.1. The highest BCUT2D eigenvalue weighted by atomic mass is 32.1. The number of aromatic nitrogens is 1. The first kappa shape index (κ1) is 19.7. The van der Waals surface area contributed by atoms with Crippen LogP contribution in [-0.2, 0) is 31.3 Å². The molecule has 0 saturated heterocycles. The van der Waals surface area contributed by atoms with Crippen molar-refractivity contribution in [1.82, 2.24) is 4.98 Å². The minimum Gasteiger partial charge on any atom is -0.386 e. The number of anilines is 1. The van der Waals surface area contributed by atoms with Gasteiger partial charge in [-0.25, -0.2) is 4.79 Å². The van der Waals surface area contributed by atoms with E-state index in [2.05, 4.69) is 17.9 Å². The van der Waals surface area contributed by atoms with E-state index in [-0.39, 0.29) is 0 Å². The molecule has 5 nitrogen and oxygen atoms in total. The fourth-order valence-corrected chi connectivity index (χ4v) is 3.88. The fraction of sp³-hybridized carbons (Fsp3) is 0.429. The summed E-state index contributed by atoms with van der Waals surface area (Å²) in [7, 11) is 0. The van der Waals surface area contributed by atoms with E-state index in [1.165, 1.54) is 22.5 Å². The van der Waals surface area contributed by atoms with Crippen LogP contribution in [0.1, 0.15) is 54.8 Å². The Bertz CT molecular complexity index is 810. The van der Waals surface area contributed by atoms with Gasteiger partial charge in [-0.05, 0) is 81.2 Å². The zero-order valence-corrected chi connectivity index (χ0v) is 16.8. The molecular formula is C21H27N3O2S. The molecule has 0 spiro atoms. The molecular weight excluding hydrogens is 358 g/mol. The molecule has 4 rings (SSSR count). The van der Waals surface area contributed by atoms with Gasteiger partial charge in [-0.1, -0.05) is 12.1 Å². The summed E-state index contributed by atoms with van der Waals surface area (Å²) in [4.78, 5) is 16.7. The second-order valence-electron chi connectivity index (χ2n) is 7.64. The number of nitrogens with two attached hydrogens (primary N) is 1. The van der Waals surface area contributed by atoms with Gasteiger partial charge in [-0.15, -0.1) is 12.6 Å². The number of hydrogen-bond acceptors (Lipinski definition) is 4. The van der Waals surface area contributed by atoms with Gasteiger partial charge in [0.25, 0.3) is 0 Å². The van der Waals surface area contributed by atoms with Gasteiger partial charge in [-0.2, -0.15) is 0 Å². The maximum Gasteiger partial charge on any atom is 0.316 e. The number of urea groups is 1. The van der Waals surface area contributed by atoms with E-state index < -0.39 is 11.6 Å². The van der Waals surface area contributed by atoms with Gasteiger partial charge >= 0.3 is 6.03 Å². The lowest BCUT2D eigenvalue weighted by Crippen LogP contribution is -2.21.